The van der Waals surface area contributed by atoms with Gasteiger partial charge < -0.3 is 10.1 Å². The Labute approximate surface area is 177 Å². The number of nitrogens with zero attached hydrogens (tertiary/aromatic N) is 1. The zero-order valence-electron chi connectivity index (χ0n) is 17.1. The van der Waals surface area contributed by atoms with Gasteiger partial charge in [-0.1, -0.05) is 12.5 Å². The molecule has 0 saturated carbocycles. The summed E-state index contributed by atoms with van der Waals surface area (Å²) < 4.78 is 32.5. The lowest BCUT2D eigenvalue weighted by Gasteiger charge is -2.32. The molecule has 1 aliphatic rings. The van der Waals surface area contributed by atoms with Gasteiger partial charge in [-0.15, -0.1) is 0 Å². The van der Waals surface area contributed by atoms with E-state index in [0.29, 0.717) is 17.8 Å². The molecule has 30 heavy (non-hydrogen) atoms. The average Bonchev–Trinajstić information content (AvgIpc) is 2.74. The van der Waals surface area contributed by atoms with Crippen LogP contribution in [0.15, 0.2) is 53.4 Å². The van der Waals surface area contributed by atoms with E-state index in [4.69, 9.17) is 4.74 Å². The van der Waals surface area contributed by atoms with E-state index in [9.17, 15) is 18.0 Å². The van der Waals surface area contributed by atoms with Crippen molar-refractivity contribution in [3.8, 4) is 0 Å². The van der Waals surface area contributed by atoms with Gasteiger partial charge >= 0.3 is 5.97 Å². The highest BCUT2D eigenvalue weighted by Crippen LogP contribution is 2.25. The molecule has 0 radical (unpaired) electrons. The maximum absolute atomic E-state index is 13.0. The predicted molar refractivity (Wildman–Crippen MR) is 114 cm³/mol. The number of nitrogens with one attached hydrogen (secondary N) is 1. The van der Waals surface area contributed by atoms with E-state index in [1.165, 1.54) is 16.4 Å². The number of hydrogen-bond acceptors (Lipinski definition) is 5. The quantitative estimate of drug-likeness (QED) is 0.706. The number of benzene rings is 2. The van der Waals surface area contributed by atoms with Gasteiger partial charge in [0.15, 0.2) is 0 Å². The smallest absolute Gasteiger partial charge is 0.338 e. The fourth-order valence-corrected chi connectivity index (χ4v) is 5.22. The van der Waals surface area contributed by atoms with Crippen LogP contribution >= 0.6 is 0 Å². The van der Waals surface area contributed by atoms with Crippen LogP contribution in [0, 0.1) is 0 Å². The normalized spacial score (nSPS) is 17.3. The van der Waals surface area contributed by atoms with Crippen molar-refractivity contribution >= 4 is 27.6 Å². The zero-order chi connectivity index (χ0) is 21.7. The van der Waals surface area contributed by atoms with Gasteiger partial charge in [0.05, 0.1) is 17.1 Å². The molecule has 3 rings (SSSR count). The summed E-state index contributed by atoms with van der Waals surface area (Å²) >= 11 is 0. The van der Waals surface area contributed by atoms with Crippen LogP contribution in [0.5, 0.6) is 0 Å². The summed E-state index contributed by atoms with van der Waals surface area (Å²) in [4.78, 5) is 24.5. The van der Waals surface area contributed by atoms with Crippen LogP contribution in [-0.4, -0.2) is 43.8 Å². The molecule has 2 aromatic rings. The van der Waals surface area contributed by atoms with Gasteiger partial charge in [0.25, 0.3) is 5.91 Å². The molecule has 1 fully saturated rings. The summed E-state index contributed by atoms with van der Waals surface area (Å²) in [5.41, 5.74) is 1.12. The van der Waals surface area contributed by atoms with Gasteiger partial charge in [0.2, 0.25) is 10.0 Å². The molecule has 2 aromatic carbocycles. The van der Waals surface area contributed by atoms with Crippen molar-refractivity contribution in [2.45, 2.75) is 44.0 Å². The highest BCUT2D eigenvalue weighted by Gasteiger charge is 2.31. The number of amides is 1. The molecule has 1 atom stereocenters. The highest BCUT2D eigenvalue weighted by atomic mass is 32.2. The van der Waals surface area contributed by atoms with Crippen molar-refractivity contribution in [3.63, 3.8) is 0 Å². The van der Waals surface area contributed by atoms with Crippen LogP contribution in [0.2, 0.25) is 0 Å². The molecule has 0 aliphatic carbocycles. The summed E-state index contributed by atoms with van der Waals surface area (Å²) in [6.45, 7) is 4.42. The molecule has 0 spiro atoms. The first-order valence-corrected chi connectivity index (χ1v) is 11.5. The van der Waals surface area contributed by atoms with Gasteiger partial charge in [-0.05, 0) is 69.2 Å². The van der Waals surface area contributed by atoms with Crippen LogP contribution in [0.3, 0.4) is 0 Å². The third-order valence-electron chi connectivity index (χ3n) is 5.10. The summed E-state index contributed by atoms with van der Waals surface area (Å²) in [7, 11) is -3.66. The van der Waals surface area contributed by atoms with Crippen LogP contribution in [0.25, 0.3) is 0 Å². The number of hydrogen-bond donors (Lipinski definition) is 1. The number of ether oxygens (including phenoxy) is 1. The topological polar surface area (TPSA) is 92.8 Å². The maximum Gasteiger partial charge on any atom is 0.338 e. The molecule has 1 aliphatic heterocycles. The molecule has 0 aromatic heterocycles. The van der Waals surface area contributed by atoms with Crippen molar-refractivity contribution < 1.29 is 22.7 Å². The second-order valence-electron chi connectivity index (χ2n) is 7.24. The van der Waals surface area contributed by atoms with Crippen molar-refractivity contribution in [3.05, 3.63) is 59.7 Å². The van der Waals surface area contributed by atoms with E-state index in [0.717, 1.165) is 19.3 Å². The first kappa shape index (κ1) is 22.0. The van der Waals surface area contributed by atoms with E-state index in [-0.39, 0.29) is 23.1 Å². The Kier molecular flexibility index (Phi) is 6.89. The molecule has 1 saturated heterocycles. The summed E-state index contributed by atoms with van der Waals surface area (Å²) in [5, 5.41) is 2.72. The maximum atomic E-state index is 13.0. The lowest BCUT2D eigenvalue weighted by molar-refractivity contribution is 0.0526. The Balaban J connectivity index is 1.75. The number of esters is 1. The van der Waals surface area contributed by atoms with Crippen LogP contribution in [0.1, 0.15) is 53.8 Å². The Hall–Kier alpha value is -2.71. The summed E-state index contributed by atoms with van der Waals surface area (Å²) in [6.07, 6.45) is 2.69. The highest BCUT2D eigenvalue weighted by molar-refractivity contribution is 7.89. The standard InChI is InChI=1S/C22H26N2O5S/c1-3-29-22(26)17-10-12-19(13-11-17)23-21(25)18-8-6-9-20(15-18)30(27,28)24-14-5-4-7-16(24)2/h6,8-13,15-16H,3-5,7,14H2,1-2H3,(H,23,25). The molecular weight excluding hydrogens is 404 g/mol. The summed E-state index contributed by atoms with van der Waals surface area (Å²) in [6, 6.07) is 12.3. The molecule has 160 valence electrons. The molecule has 1 unspecified atom stereocenters. The zero-order valence-corrected chi connectivity index (χ0v) is 17.9. The van der Waals surface area contributed by atoms with Gasteiger partial charge in [-0.2, -0.15) is 4.31 Å². The third-order valence-corrected chi connectivity index (χ3v) is 7.11. The van der Waals surface area contributed by atoms with E-state index in [1.54, 1.807) is 43.3 Å². The Morgan fingerprint density at radius 2 is 1.83 bits per heavy atom. The van der Waals surface area contributed by atoms with E-state index in [2.05, 4.69) is 5.32 Å². The largest absolute Gasteiger partial charge is 0.462 e. The fourth-order valence-electron chi connectivity index (χ4n) is 3.47. The fraction of sp³-hybridized carbons (Fsp3) is 0.364. The lowest BCUT2D eigenvalue weighted by Crippen LogP contribution is -2.41. The van der Waals surface area contributed by atoms with Gasteiger partial charge in [-0.3, -0.25) is 4.79 Å². The number of rotatable bonds is 6. The Morgan fingerprint density at radius 1 is 1.10 bits per heavy atom. The molecule has 1 amide bonds. The van der Waals surface area contributed by atoms with E-state index >= 15 is 0 Å². The van der Waals surface area contributed by atoms with Crippen molar-refractivity contribution in [1.29, 1.82) is 0 Å². The average molecular weight is 431 g/mol. The lowest BCUT2D eigenvalue weighted by atomic mass is 10.1. The van der Waals surface area contributed by atoms with Crippen LogP contribution < -0.4 is 5.32 Å². The minimum absolute atomic E-state index is 0.0563. The molecule has 1 heterocycles. The van der Waals surface area contributed by atoms with Crippen LogP contribution in [0.4, 0.5) is 5.69 Å². The third kappa shape index (κ3) is 4.88. The summed E-state index contributed by atoms with van der Waals surface area (Å²) in [5.74, 6) is -0.858. The predicted octanol–water partition coefficient (Wildman–Crippen LogP) is 3.68. The van der Waals surface area contributed by atoms with Gasteiger partial charge in [-0.25, -0.2) is 13.2 Å². The molecule has 8 heteroatoms. The number of anilines is 1. The number of piperidine rings is 1. The second-order valence-corrected chi connectivity index (χ2v) is 9.13. The SMILES string of the molecule is CCOC(=O)c1ccc(NC(=O)c2cccc(S(=O)(=O)N3CCCCC3C)c2)cc1. The number of sulfonamides is 1. The van der Waals surface area contributed by atoms with E-state index < -0.39 is 21.9 Å². The number of carbonyl (C=O) groups is 2. The minimum atomic E-state index is -3.66. The molecule has 0 bridgehead atoms. The van der Waals surface area contributed by atoms with Gasteiger partial charge in [0, 0.05) is 23.8 Å². The van der Waals surface area contributed by atoms with Crippen molar-refractivity contribution in [2.24, 2.45) is 0 Å². The van der Waals surface area contributed by atoms with E-state index in [1.807, 2.05) is 6.92 Å². The Bertz CT molecular complexity index is 1020. The number of carbonyl (C=O) groups excluding carboxylic acids is 2. The first-order valence-electron chi connectivity index (χ1n) is 10.0. The van der Waals surface area contributed by atoms with Gasteiger partial charge in [0.1, 0.15) is 0 Å². The molecule has 1 N–H and O–H groups in total. The first-order chi connectivity index (χ1) is 14.3. The van der Waals surface area contributed by atoms with Crippen LogP contribution in [-0.2, 0) is 14.8 Å². The van der Waals surface area contributed by atoms with Crippen molar-refractivity contribution in [2.75, 3.05) is 18.5 Å². The minimum Gasteiger partial charge on any atom is -0.462 e. The molecule has 7 nitrogen and oxygen atoms in total. The van der Waals surface area contributed by atoms with Crippen molar-refractivity contribution in [1.82, 2.24) is 4.31 Å². The Morgan fingerprint density at radius 3 is 2.50 bits per heavy atom. The second kappa shape index (κ2) is 9.40. The monoisotopic (exact) mass is 430 g/mol. The molecular formula is C22H26N2O5S.